The molecule has 1 N–H and O–H groups in total. The van der Waals surface area contributed by atoms with Crippen LogP contribution in [0.4, 0.5) is 13.2 Å². The minimum atomic E-state index is -4.42. The van der Waals surface area contributed by atoms with Crippen LogP contribution in [0, 0.1) is 20.8 Å². The number of rotatable bonds is 2. The molecular weight excluding hydrogens is 291 g/mol. The molecule has 20 heavy (non-hydrogen) atoms. The van der Waals surface area contributed by atoms with Gasteiger partial charge in [0.1, 0.15) is 17.2 Å². The van der Waals surface area contributed by atoms with Crippen molar-refractivity contribution in [2.24, 2.45) is 0 Å². The van der Waals surface area contributed by atoms with Crippen LogP contribution in [0.2, 0.25) is 0 Å². The fraction of sp³-hybridized carbons (Fsp3) is 0.417. The molecule has 0 unspecified atom stereocenters. The van der Waals surface area contributed by atoms with Crippen LogP contribution in [0.1, 0.15) is 26.8 Å². The van der Waals surface area contributed by atoms with E-state index in [1.54, 1.807) is 20.8 Å². The first-order valence-corrected chi connectivity index (χ1v) is 6.60. The summed E-state index contributed by atoms with van der Waals surface area (Å²) >= 11 is 1.08. The van der Waals surface area contributed by atoms with Crippen molar-refractivity contribution >= 4 is 27.5 Å². The number of nitrogens with zero attached hydrogens (tertiary/aromatic N) is 2. The normalized spacial score (nSPS) is 11.9. The van der Waals surface area contributed by atoms with Crippen molar-refractivity contribution in [1.82, 2.24) is 15.3 Å². The van der Waals surface area contributed by atoms with Crippen molar-refractivity contribution in [3.05, 3.63) is 22.0 Å². The highest BCUT2D eigenvalue weighted by Crippen LogP contribution is 2.31. The van der Waals surface area contributed by atoms with E-state index >= 15 is 0 Å². The molecule has 8 heteroatoms. The molecule has 0 saturated carbocycles. The number of hydrogen-bond donors (Lipinski definition) is 1. The number of carbonyl (C=O) groups excluding carboxylic acids is 1. The van der Waals surface area contributed by atoms with Gasteiger partial charge in [0.2, 0.25) is 0 Å². The summed E-state index contributed by atoms with van der Waals surface area (Å²) in [5.74, 6) is -0.168. The van der Waals surface area contributed by atoms with Crippen molar-refractivity contribution in [3.63, 3.8) is 0 Å². The molecule has 0 bridgehead atoms. The van der Waals surface area contributed by atoms with Gasteiger partial charge in [0.25, 0.3) is 5.91 Å². The van der Waals surface area contributed by atoms with Gasteiger partial charge in [-0.3, -0.25) is 4.79 Å². The van der Waals surface area contributed by atoms with Gasteiger partial charge in [-0.05, 0) is 26.3 Å². The Kier molecular flexibility index (Phi) is 3.68. The third-order valence-corrected chi connectivity index (χ3v) is 3.92. The lowest BCUT2D eigenvalue weighted by Crippen LogP contribution is -2.33. The van der Waals surface area contributed by atoms with E-state index in [-0.39, 0.29) is 4.88 Å². The number of hydrogen-bond acceptors (Lipinski definition) is 4. The first kappa shape index (κ1) is 14.7. The average Bonchev–Trinajstić information content (AvgIpc) is 2.62. The Morgan fingerprint density at radius 2 is 1.90 bits per heavy atom. The van der Waals surface area contributed by atoms with Crippen LogP contribution in [0.15, 0.2) is 0 Å². The van der Waals surface area contributed by atoms with E-state index in [0.717, 1.165) is 22.4 Å². The van der Waals surface area contributed by atoms with E-state index in [4.69, 9.17) is 0 Å². The molecule has 0 saturated heterocycles. The molecule has 1 amide bonds. The Morgan fingerprint density at radius 3 is 2.50 bits per heavy atom. The largest absolute Gasteiger partial charge is 0.405 e. The molecule has 0 spiro atoms. The van der Waals surface area contributed by atoms with Crippen LogP contribution in [-0.2, 0) is 0 Å². The van der Waals surface area contributed by atoms with Crippen molar-refractivity contribution in [1.29, 1.82) is 0 Å². The smallest absolute Gasteiger partial charge is 0.342 e. The fourth-order valence-corrected chi connectivity index (χ4v) is 3.14. The quantitative estimate of drug-likeness (QED) is 0.928. The van der Waals surface area contributed by atoms with Gasteiger partial charge >= 0.3 is 6.18 Å². The van der Waals surface area contributed by atoms with Crippen molar-refractivity contribution < 1.29 is 18.0 Å². The number of carbonyl (C=O) groups is 1. The van der Waals surface area contributed by atoms with Gasteiger partial charge in [-0.15, -0.1) is 11.3 Å². The molecule has 0 aliphatic heterocycles. The van der Waals surface area contributed by atoms with Crippen molar-refractivity contribution in [2.45, 2.75) is 26.9 Å². The van der Waals surface area contributed by atoms with Crippen LogP contribution >= 0.6 is 11.3 Å². The Balaban J connectivity index is 2.38. The van der Waals surface area contributed by atoms with E-state index in [1.807, 2.05) is 5.32 Å². The SMILES string of the molecule is Cc1nc(C)c2c(C)c(C(=O)NCC(F)(F)F)sc2n1. The maximum absolute atomic E-state index is 12.1. The van der Waals surface area contributed by atoms with E-state index in [0.29, 0.717) is 16.2 Å². The maximum atomic E-state index is 12.1. The van der Waals surface area contributed by atoms with Crippen LogP contribution in [-0.4, -0.2) is 28.6 Å². The molecular formula is C12H12F3N3OS. The van der Waals surface area contributed by atoms with Gasteiger partial charge < -0.3 is 5.32 Å². The van der Waals surface area contributed by atoms with Gasteiger partial charge in [0, 0.05) is 11.1 Å². The highest BCUT2D eigenvalue weighted by Gasteiger charge is 2.29. The summed E-state index contributed by atoms with van der Waals surface area (Å²) in [4.78, 5) is 21.1. The number of amides is 1. The summed E-state index contributed by atoms with van der Waals surface area (Å²) in [5, 5.41) is 2.61. The fourth-order valence-electron chi connectivity index (χ4n) is 1.95. The Morgan fingerprint density at radius 1 is 1.25 bits per heavy atom. The molecule has 0 aliphatic carbocycles. The summed E-state index contributed by atoms with van der Waals surface area (Å²) in [6.07, 6.45) is -4.42. The predicted octanol–water partition coefficient (Wildman–Crippen LogP) is 2.91. The zero-order valence-electron chi connectivity index (χ0n) is 11.1. The third-order valence-electron chi connectivity index (χ3n) is 2.74. The molecule has 0 atom stereocenters. The van der Waals surface area contributed by atoms with Gasteiger partial charge in [0.05, 0.1) is 4.88 Å². The monoisotopic (exact) mass is 303 g/mol. The predicted molar refractivity (Wildman–Crippen MR) is 70.0 cm³/mol. The molecule has 108 valence electrons. The third kappa shape index (κ3) is 2.90. The van der Waals surface area contributed by atoms with Gasteiger partial charge in [0.15, 0.2) is 0 Å². The molecule has 0 aromatic carbocycles. The molecule has 2 heterocycles. The lowest BCUT2D eigenvalue weighted by Gasteiger charge is -2.07. The van der Waals surface area contributed by atoms with E-state index in [2.05, 4.69) is 9.97 Å². The molecule has 0 aliphatic rings. The second-order valence-electron chi connectivity index (χ2n) is 4.39. The molecule has 0 radical (unpaired) electrons. The van der Waals surface area contributed by atoms with Crippen LogP contribution < -0.4 is 5.32 Å². The van der Waals surface area contributed by atoms with Gasteiger partial charge in [-0.25, -0.2) is 9.97 Å². The molecule has 2 aromatic rings. The lowest BCUT2D eigenvalue weighted by molar-refractivity contribution is -0.123. The molecule has 4 nitrogen and oxygen atoms in total. The Hall–Kier alpha value is -1.70. The number of alkyl halides is 3. The molecule has 0 fully saturated rings. The van der Waals surface area contributed by atoms with Crippen LogP contribution in [0.3, 0.4) is 0 Å². The zero-order chi connectivity index (χ0) is 15.1. The molecule has 2 rings (SSSR count). The average molecular weight is 303 g/mol. The number of aromatic nitrogens is 2. The van der Waals surface area contributed by atoms with E-state index in [9.17, 15) is 18.0 Å². The number of aryl methyl sites for hydroxylation is 3. The number of halogens is 3. The Bertz CT molecular complexity index is 679. The minimum Gasteiger partial charge on any atom is -0.342 e. The minimum absolute atomic E-state index is 0.243. The number of fused-ring (bicyclic) bond motifs is 1. The summed E-state index contributed by atoms with van der Waals surface area (Å²) in [6.45, 7) is 3.86. The van der Waals surface area contributed by atoms with Crippen LogP contribution in [0.25, 0.3) is 10.2 Å². The first-order chi connectivity index (χ1) is 9.19. The van der Waals surface area contributed by atoms with Crippen molar-refractivity contribution in [3.8, 4) is 0 Å². The standard InChI is InChI=1S/C12H12F3N3OS/c1-5-8-6(2)17-7(3)18-11(8)20-9(5)10(19)16-4-12(13,14)15/h4H2,1-3H3,(H,16,19). The highest BCUT2D eigenvalue weighted by atomic mass is 32.1. The number of thiophene rings is 1. The Labute approximate surface area is 117 Å². The second kappa shape index (κ2) is 5.01. The molecule has 2 aromatic heterocycles. The summed E-state index contributed by atoms with van der Waals surface area (Å²) < 4.78 is 36.4. The topological polar surface area (TPSA) is 54.9 Å². The summed E-state index contributed by atoms with van der Waals surface area (Å²) in [5.41, 5.74) is 1.33. The maximum Gasteiger partial charge on any atom is 0.405 e. The second-order valence-corrected chi connectivity index (χ2v) is 5.39. The summed E-state index contributed by atoms with van der Waals surface area (Å²) in [7, 11) is 0. The lowest BCUT2D eigenvalue weighted by atomic mass is 10.1. The zero-order valence-corrected chi connectivity index (χ0v) is 11.9. The number of nitrogens with one attached hydrogen (secondary N) is 1. The summed E-state index contributed by atoms with van der Waals surface area (Å²) in [6, 6.07) is 0. The highest BCUT2D eigenvalue weighted by molar-refractivity contribution is 7.20. The van der Waals surface area contributed by atoms with E-state index in [1.165, 1.54) is 0 Å². The van der Waals surface area contributed by atoms with Gasteiger partial charge in [-0.1, -0.05) is 0 Å². The van der Waals surface area contributed by atoms with Crippen molar-refractivity contribution in [2.75, 3.05) is 6.54 Å². The van der Waals surface area contributed by atoms with E-state index < -0.39 is 18.6 Å². The van der Waals surface area contributed by atoms with Crippen LogP contribution in [0.5, 0.6) is 0 Å². The first-order valence-electron chi connectivity index (χ1n) is 5.78. The van der Waals surface area contributed by atoms with Gasteiger partial charge in [-0.2, -0.15) is 13.2 Å².